The van der Waals surface area contributed by atoms with Gasteiger partial charge in [-0.3, -0.25) is 0 Å². The van der Waals surface area contributed by atoms with Gasteiger partial charge in [-0.1, -0.05) is 13.3 Å². The Morgan fingerprint density at radius 2 is 2.21 bits per heavy atom. The van der Waals surface area contributed by atoms with Crippen LogP contribution in [0.3, 0.4) is 0 Å². The zero-order valence-corrected chi connectivity index (χ0v) is 11.1. The highest BCUT2D eigenvalue weighted by molar-refractivity contribution is 8.00. The Kier molecular flexibility index (Phi) is 7.17. The molecule has 0 aliphatic carbocycles. The van der Waals surface area contributed by atoms with Crippen molar-refractivity contribution in [3.63, 3.8) is 0 Å². The molecule has 1 nitrogen and oxygen atoms in total. The fourth-order valence-corrected chi connectivity index (χ4v) is 3.55. The van der Waals surface area contributed by atoms with Gasteiger partial charge in [-0.25, -0.2) is 0 Å². The molecule has 3 heteroatoms. The van der Waals surface area contributed by atoms with E-state index in [1.54, 1.807) is 0 Å². The molecule has 1 rings (SSSR count). The zero-order chi connectivity index (χ0) is 10.2. The molecule has 1 aliphatic heterocycles. The van der Waals surface area contributed by atoms with Crippen LogP contribution in [-0.4, -0.2) is 35.6 Å². The topological polar surface area (TPSA) is 12.0 Å². The van der Waals surface area contributed by atoms with Crippen LogP contribution in [0.5, 0.6) is 0 Å². The molecule has 1 aliphatic rings. The van der Waals surface area contributed by atoms with Gasteiger partial charge in [-0.05, 0) is 43.6 Å². The summed E-state index contributed by atoms with van der Waals surface area (Å²) in [6, 6.07) is 0.792. The molecule has 0 radical (unpaired) electrons. The Bertz CT molecular complexity index is 141. The highest BCUT2D eigenvalue weighted by Gasteiger charge is 2.22. The average molecular weight is 233 g/mol. The smallest absolute Gasteiger partial charge is 0.0191 e. The lowest BCUT2D eigenvalue weighted by Crippen LogP contribution is -2.33. The molecule has 1 N–H and O–H groups in total. The molecule has 2 atom stereocenters. The van der Waals surface area contributed by atoms with E-state index in [4.69, 9.17) is 0 Å². The zero-order valence-electron chi connectivity index (χ0n) is 9.42. The Morgan fingerprint density at radius 1 is 1.36 bits per heavy atom. The lowest BCUT2D eigenvalue weighted by Gasteiger charge is -2.16. The summed E-state index contributed by atoms with van der Waals surface area (Å²) in [5.74, 6) is 2.68. The van der Waals surface area contributed by atoms with Gasteiger partial charge >= 0.3 is 0 Å². The van der Waals surface area contributed by atoms with Crippen molar-refractivity contribution in [2.75, 3.05) is 24.3 Å². The van der Waals surface area contributed by atoms with Crippen molar-refractivity contribution in [3.05, 3.63) is 0 Å². The minimum absolute atomic E-state index is 0.792. The Hall–Kier alpha value is 0.660. The highest BCUT2D eigenvalue weighted by atomic mass is 32.2. The second-order valence-corrected chi connectivity index (χ2v) is 6.45. The standard InChI is InChI=1S/C11H23NS2/c1-10-11(6-9-14-10)12-7-4-3-5-8-13-2/h10-12H,3-9H2,1-2H3. The van der Waals surface area contributed by atoms with Crippen LogP contribution in [-0.2, 0) is 0 Å². The van der Waals surface area contributed by atoms with E-state index < -0.39 is 0 Å². The summed E-state index contributed by atoms with van der Waals surface area (Å²) < 4.78 is 0. The summed E-state index contributed by atoms with van der Waals surface area (Å²) in [6.07, 6.45) is 7.70. The van der Waals surface area contributed by atoms with Crippen molar-refractivity contribution >= 4 is 23.5 Å². The average Bonchev–Trinajstić information content (AvgIpc) is 2.58. The van der Waals surface area contributed by atoms with Crippen molar-refractivity contribution in [3.8, 4) is 0 Å². The molecule has 0 spiro atoms. The number of unbranched alkanes of at least 4 members (excludes halogenated alkanes) is 2. The number of hydrogen-bond acceptors (Lipinski definition) is 3. The van der Waals surface area contributed by atoms with Crippen molar-refractivity contribution in [1.82, 2.24) is 5.32 Å². The molecule has 0 aromatic rings. The quantitative estimate of drug-likeness (QED) is 0.679. The van der Waals surface area contributed by atoms with Crippen LogP contribution < -0.4 is 5.32 Å². The molecule has 0 aromatic heterocycles. The maximum absolute atomic E-state index is 3.68. The van der Waals surface area contributed by atoms with Gasteiger partial charge in [0.2, 0.25) is 0 Å². The predicted octanol–water partition coefficient (Wildman–Crippen LogP) is 3.00. The highest BCUT2D eigenvalue weighted by Crippen LogP contribution is 2.25. The first-order valence-electron chi connectivity index (χ1n) is 5.68. The minimum atomic E-state index is 0.792. The Balaban J connectivity index is 1.88. The molecule has 2 unspecified atom stereocenters. The first-order valence-corrected chi connectivity index (χ1v) is 8.13. The van der Waals surface area contributed by atoms with Gasteiger partial charge in [0.25, 0.3) is 0 Å². The molecule has 0 bridgehead atoms. The summed E-state index contributed by atoms with van der Waals surface area (Å²) in [5.41, 5.74) is 0. The van der Waals surface area contributed by atoms with E-state index in [0.717, 1.165) is 11.3 Å². The van der Waals surface area contributed by atoms with Gasteiger partial charge in [-0.15, -0.1) is 0 Å². The molecule has 84 valence electrons. The van der Waals surface area contributed by atoms with Gasteiger partial charge in [0.05, 0.1) is 0 Å². The number of rotatable bonds is 7. The first kappa shape index (κ1) is 12.7. The fraction of sp³-hybridized carbons (Fsp3) is 1.00. The van der Waals surface area contributed by atoms with E-state index in [1.807, 2.05) is 11.8 Å². The molecular weight excluding hydrogens is 210 g/mol. The van der Waals surface area contributed by atoms with Crippen molar-refractivity contribution in [2.45, 2.75) is 43.9 Å². The van der Waals surface area contributed by atoms with Gasteiger partial charge in [-0.2, -0.15) is 23.5 Å². The van der Waals surface area contributed by atoms with Crippen molar-refractivity contribution < 1.29 is 0 Å². The normalized spacial score (nSPS) is 27.0. The monoisotopic (exact) mass is 233 g/mol. The molecule has 14 heavy (non-hydrogen) atoms. The van der Waals surface area contributed by atoms with Crippen LogP contribution in [0, 0.1) is 0 Å². The number of thioether (sulfide) groups is 2. The van der Waals surface area contributed by atoms with Crippen LogP contribution in [0.2, 0.25) is 0 Å². The number of hydrogen-bond donors (Lipinski definition) is 1. The largest absolute Gasteiger partial charge is 0.313 e. The summed E-state index contributed by atoms with van der Waals surface area (Å²) in [5, 5.41) is 4.52. The van der Waals surface area contributed by atoms with Crippen LogP contribution in [0.15, 0.2) is 0 Å². The van der Waals surface area contributed by atoms with E-state index in [2.05, 4.69) is 30.3 Å². The van der Waals surface area contributed by atoms with Crippen LogP contribution in [0.1, 0.15) is 32.6 Å². The minimum Gasteiger partial charge on any atom is -0.313 e. The maximum atomic E-state index is 3.68. The van der Waals surface area contributed by atoms with Crippen LogP contribution in [0.25, 0.3) is 0 Å². The summed E-state index contributed by atoms with van der Waals surface area (Å²) in [6.45, 7) is 3.58. The molecule has 1 saturated heterocycles. The van der Waals surface area contributed by atoms with E-state index in [1.165, 1.54) is 43.7 Å². The van der Waals surface area contributed by atoms with Crippen LogP contribution in [0.4, 0.5) is 0 Å². The van der Waals surface area contributed by atoms with E-state index >= 15 is 0 Å². The van der Waals surface area contributed by atoms with Gasteiger partial charge in [0.1, 0.15) is 0 Å². The molecule has 0 amide bonds. The third-order valence-electron chi connectivity index (χ3n) is 2.81. The fourth-order valence-electron chi connectivity index (χ4n) is 1.84. The lowest BCUT2D eigenvalue weighted by atomic mass is 10.1. The lowest BCUT2D eigenvalue weighted by molar-refractivity contribution is 0.497. The Morgan fingerprint density at radius 3 is 2.86 bits per heavy atom. The first-order chi connectivity index (χ1) is 6.84. The third kappa shape index (κ3) is 4.94. The van der Waals surface area contributed by atoms with Gasteiger partial charge in [0.15, 0.2) is 0 Å². The molecular formula is C11H23NS2. The molecule has 0 saturated carbocycles. The van der Waals surface area contributed by atoms with Gasteiger partial charge < -0.3 is 5.32 Å². The molecule has 1 fully saturated rings. The van der Waals surface area contributed by atoms with Crippen LogP contribution >= 0.6 is 23.5 Å². The molecule has 0 aromatic carbocycles. The summed E-state index contributed by atoms with van der Waals surface area (Å²) in [4.78, 5) is 0. The van der Waals surface area contributed by atoms with E-state index in [9.17, 15) is 0 Å². The number of nitrogens with one attached hydrogen (secondary N) is 1. The van der Waals surface area contributed by atoms with Crippen molar-refractivity contribution in [1.29, 1.82) is 0 Å². The van der Waals surface area contributed by atoms with Gasteiger partial charge in [0, 0.05) is 11.3 Å². The van der Waals surface area contributed by atoms with E-state index in [-0.39, 0.29) is 0 Å². The second kappa shape index (κ2) is 7.89. The Labute approximate surface area is 97.2 Å². The molecule has 1 heterocycles. The SMILES string of the molecule is CSCCCCCNC1CCSC1C. The third-order valence-corrected chi connectivity index (χ3v) is 4.83. The summed E-state index contributed by atoms with van der Waals surface area (Å²) >= 11 is 4.07. The predicted molar refractivity (Wildman–Crippen MR) is 70.6 cm³/mol. The van der Waals surface area contributed by atoms with E-state index in [0.29, 0.717) is 0 Å². The second-order valence-electron chi connectivity index (χ2n) is 3.98. The van der Waals surface area contributed by atoms with Crippen molar-refractivity contribution in [2.24, 2.45) is 0 Å². The maximum Gasteiger partial charge on any atom is 0.0191 e. The summed E-state index contributed by atoms with van der Waals surface area (Å²) in [7, 11) is 0.